The Labute approximate surface area is 212 Å². The summed E-state index contributed by atoms with van der Waals surface area (Å²) in [5, 5.41) is 2.84. The third-order valence-electron chi connectivity index (χ3n) is 6.06. The van der Waals surface area contributed by atoms with E-state index in [1.165, 1.54) is 5.56 Å². The topological polar surface area (TPSA) is 79.0 Å². The fraction of sp³-hybridized carbons (Fsp3) is 0.444. The fourth-order valence-electron chi connectivity index (χ4n) is 3.94. The van der Waals surface area contributed by atoms with E-state index in [0.29, 0.717) is 49.8 Å². The number of nitrogens with zero attached hydrogens (tertiary/aromatic N) is 2. The normalized spacial score (nSPS) is 14.5. The predicted molar refractivity (Wildman–Crippen MR) is 140 cm³/mol. The van der Waals surface area contributed by atoms with Crippen LogP contribution in [0, 0.1) is 0 Å². The van der Waals surface area contributed by atoms with Crippen LogP contribution in [-0.2, 0) is 9.59 Å². The molecule has 0 saturated carbocycles. The number of carbonyl (C=O) groups excluding carboxylic acids is 3. The first kappa shape index (κ1) is 26.6. The van der Waals surface area contributed by atoms with E-state index in [4.69, 9.17) is 4.74 Å². The zero-order valence-electron chi connectivity index (χ0n) is 20.7. The van der Waals surface area contributed by atoms with Gasteiger partial charge in [0.05, 0.1) is 0 Å². The molecule has 0 aliphatic carbocycles. The molecule has 0 spiro atoms. The van der Waals surface area contributed by atoms with Crippen LogP contribution in [0.5, 0.6) is 5.75 Å². The molecule has 3 amide bonds. The molecule has 0 bridgehead atoms. The number of hydrogen-bond donors (Lipinski definition) is 1. The lowest BCUT2D eigenvalue weighted by Crippen LogP contribution is -2.56. The van der Waals surface area contributed by atoms with Gasteiger partial charge >= 0.3 is 0 Å². The number of hydrogen-bond acceptors (Lipinski definition) is 5. The van der Waals surface area contributed by atoms with Crippen molar-refractivity contribution in [2.24, 2.45) is 0 Å². The molecule has 1 heterocycles. The molecule has 1 aliphatic heterocycles. The highest BCUT2D eigenvalue weighted by molar-refractivity contribution is 7.98. The second-order valence-electron chi connectivity index (χ2n) is 8.90. The van der Waals surface area contributed by atoms with Crippen LogP contribution >= 0.6 is 11.8 Å². The molecular weight excluding hydrogens is 462 g/mol. The highest BCUT2D eigenvalue weighted by atomic mass is 32.2. The van der Waals surface area contributed by atoms with Crippen molar-refractivity contribution in [1.29, 1.82) is 0 Å². The Kier molecular flexibility index (Phi) is 10.0. The smallest absolute Gasteiger partial charge is 0.258 e. The number of amides is 3. The summed E-state index contributed by atoms with van der Waals surface area (Å²) < 4.78 is 5.51. The summed E-state index contributed by atoms with van der Waals surface area (Å²) in [5.41, 5.74) is 1.86. The van der Waals surface area contributed by atoms with Gasteiger partial charge in [0, 0.05) is 31.7 Å². The summed E-state index contributed by atoms with van der Waals surface area (Å²) in [6, 6.07) is 16.2. The van der Waals surface area contributed by atoms with E-state index in [1.807, 2.05) is 48.7 Å². The van der Waals surface area contributed by atoms with Crippen molar-refractivity contribution in [3.05, 3.63) is 65.7 Å². The van der Waals surface area contributed by atoms with Gasteiger partial charge in [0.2, 0.25) is 5.91 Å². The maximum atomic E-state index is 13.2. The van der Waals surface area contributed by atoms with Gasteiger partial charge in [-0.3, -0.25) is 14.4 Å². The lowest BCUT2D eigenvalue weighted by atomic mass is 10.0. The Bertz CT molecular complexity index is 974. The lowest BCUT2D eigenvalue weighted by molar-refractivity contribution is -0.138. The first-order valence-electron chi connectivity index (χ1n) is 12.0. The van der Waals surface area contributed by atoms with Gasteiger partial charge in [-0.25, -0.2) is 0 Å². The first-order chi connectivity index (χ1) is 16.9. The van der Waals surface area contributed by atoms with E-state index < -0.39 is 6.04 Å². The number of thioether (sulfide) groups is 1. The van der Waals surface area contributed by atoms with Gasteiger partial charge in [-0.15, -0.1) is 0 Å². The van der Waals surface area contributed by atoms with Gasteiger partial charge in [-0.2, -0.15) is 11.8 Å². The van der Waals surface area contributed by atoms with Crippen molar-refractivity contribution in [3.8, 4) is 5.75 Å². The Balaban J connectivity index is 1.53. The molecule has 1 N–H and O–H groups in total. The van der Waals surface area contributed by atoms with Gasteiger partial charge < -0.3 is 19.9 Å². The maximum Gasteiger partial charge on any atom is 0.258 e. The standard InChI is InChI=1S/C27H35N3O4S/c1-20(2)21-9-11-22(12-10-21)26(32)29-14-16-30(17-15-29)27(33)24(13-18-35-3)28-25(31)19-34-23-7-5-4-6-8-23/h4-12,20,24H,13-19H2,1-3H3,(H,28,31). The molecule has 1 unspecified atom stereocenters. The molecule has 1 saturated heterocycles. The van der Waals surface area contributed by atoms with E-state index in [1.54, 1.807) is 33.7 Å². The Morgan fingerprint density at radius 3 is 2.17 bits per heavy atom. The molecule has 1 atom stereocenters. The summed E-state index contributed by atoms with van der Waals surface area (Å²) in [6.07, 6.45) is 2.51. The molecule has 0 radical (unpaired) electrons. The molecule has 7 nitrogen and oxygen atoms in total. The SMILES string of the molecule is CSCCC(NC(=O)COc1ccccc1)C(=O)N1CCN(C(=O)c2ccc(C(C)C)cc2)CC1. The number of piperazine rings is 1. The van der Waals surface area contributed by atoms with Crippen molar-refractivity contribution in [1.82, 2.24) is 15.1 Å². The number of para-hydroxylation sites is 1. The molecular formula is C27H35N3O4S. The first-order valence-corrected chi connectivity index (χ1v) is 13.4. The zero-order valence-corrected chi connectivity index (χ0v) is 21.6. The van der Waals surface area contributed by atoms with Crippen LogP contribution in [-0.4, -0.2) is 78.4 Å². The third kappa shape index (κ3) is 7.75. The second-order valence-corrected chi connectivity index (χ2v) is 9.88. The highest BCUT2D eigenvalue weighted by Gasteiger charge is 2.30. The number of ether oxygens (including phenoxy) is 1. The summed E-state index contributed by atoms with van der Waals surface area (Å²) in [4.78, 5) is 42.1. The van der Waals surface area contributed by atoms with Crippen LogP contribution < -0.4 is 10.1 Å². The Morgan fingerprint density at radius 2 is 1.57 bits per heavy atom. The molecule has 35 heavy (non-hydrogen) atoms. The van der Waals surface area contributed by atoms with E-state index in [2.05, 4.69) is 19.2 Å². The van der Waals surface area contributed by atoms with Crippen LogP contribution in [0.2, 0.25) is 0 Å². The average Bonchev–Trinajstić information content (AvgIpc) is 2.89. The molecule has 2 aromatic rings. The van der Waals surface area contributed by atoms with Crippen molar-refractivity contribution < 1.29 is 19.1 Å². The number of carbonyl (C=O) groups is 3. The number of nitrogens with one attached hydrogen (secondary N) is 1. The van der Waals surface area contributed by atoms with Crippen LogP contribution in [0.15, 0.2) is 54.6 Å². The minimum atomic E-state index is -0.611. The largest absolute Gasteiger partial charge is 0.484 e. The molecule has 2 aromatic carbocycles. The molecule has 1 fully saturated rings. The zero-order chi connectivity index (χ0) is 25.2. The average molecular weight is 498 g/mol. The Morgan fingerprint density at radius 1 is 0.943 bits per heavy atom. The van der Waals surface area contributed by atoms with Gasteiger partial charge in [0.15, 0.2) is 6.61 Å². The second kappa shape index (κ2) is 13.2. The van der Waals surface area contributed by atoms with E-state index in [0.717, 1.165) is 5.75 Å². The summed E-state index contributed by atoms with van der Waals surface area (Å²) in [6.45, 7) is 5.93. The van der Waals surface area contributed by atoms with Crippen molar-refractivity contribution in [2.45, 2.75) is 32.2 Å². The fourth-order valence-corrected chi connectivity index (χ4v) is 4.41. The number of benzene rings is 2. The van der Waals surface area contributed by atoms with Crippen LogP contribution in [0.25, 0.3) is 0 Å². The van der Waals surface area contributed by atoms with Crippen molar-refractivity contribution in [3.63, 3.8) is 0 Å². The summed E-state index contributed by atoms with van der Waals surface area (Å²) in [7, 11) is 0. The van der Waals surface area contributed by atoms with E-state index >= 15 is 0 Å². The van der Waals surface area contributed by atoms with Crippen molar-refractivity contribution in [2.75, 3.05) is 44.8 Å². The molecule has 8 heteroatoms. The van der Waals surface area contributed by atoms with Crippen LogP contribution in [0.3, 0.4) is 0 Å². The summed E-state index contributed by atoms with van der Waals surface area (Å²) >= 11 is 1.63. The highest BCUT2D eigenvalue weighted by Crippen LogP contribution is 2.17. The van der Waals surface area contributed by atoms with Crippen LogP contribution in [0.4, 0.5) is 0 Å². The molecule has 1 aliphatic rings. The quantitative estimate of drug-likeness (QED) is 0.544. The number of rotatable bonds is 10. The van der Waals surface area contributed by atoms with Gasteiger partial charge in [0.1, 0.15) is 11.8 Å². The van der Waals surface area contributed by atoms with Gasteiger partial charge in [-0.1, -0.05) is 44.2 Å². The van der Waals surface area contributed by atoms with Gasteiger partial charge in [-0.05, 0) is 54.2 Å². The van der Waals surface area contributed by atoms with E-state index in [9.17, 15) is 14.4 Å². The lowest BCUT2D eigenvalue weighted by Gasteiger charge is -2.36. The Hall–Kier alpha value is -3.00. The molecule has 0 aromatic heterocycles. The monoisotopic (exact) mass is 497 g/mol. The summed E-state index contributed by atoms with van der Waals surface area (Å²) in [5.74, 6) is 1.32. The molecule has 3 rings (SSSR count). The van der Waals surface area contributed by atoms with Crippen molar-refractivity contribution >= 4 is 29.5 Å². The maximum absolute atomic E-state index is 13.2. The third-order valence-corrected chi connectivity index (χ3v) is 6.70. The minimum Gasteiger partial charge on any atom is -0.484 e. The van der Waals surface area contributed by atoms with Crippen LogP contribution in [0.1, 0.15) is 42.1 Å². The minimum absolute atomic E-state index is 0.0160. The molecule has 188 valence electrons. The predicted octanol–water partition coefficient (Wildman–Crippen LogP) is 3.41. The van der Waals surface area contributed by atoms with E-state index in [-0.39, 0.29) is 24.3 Å². The van der Waals surface area contributed by atoms with Gasteiger partial charge in [0.25, 0.3) is 11.8 Å².